The number of carbonyl (C=O) groups excluding carboxylic acids is 3. The molecule has 1 aliphatic rings. The molecule has 0 saturated carbocycles. The van der Waals surface area contributed by atoms with Gasteiger partial charge in [-0.05, 0) is 81.0 Å². The first-order valence-corrected chi connectivity index (χ1v) is 14.2. The van der Waals surface area contributed by atoms with Crippen LogP contribution in [0.4, 0.5) is 11.4 Å². The van der Waals surface area contributed by atoms with E-state index in [-0.39, 0.29) is 44.6 Å². The molecule has 1 atom stereocenters. The molecule has 4 aromatic carbocycles. The van der Waals surface area contributed by atoms with Crippen LogP contribution in [0.2, 0.25) is 10.0 Å². The van der Waals surface area contributed by atoms with Crippen LogP contribution in [0.1, 0.15) is 55.5 Å². The fourth-order valence-corrected chi connectivity index (χ4v) is 5.53. The summed E-state index contributed by atoms with van der Waals surface area (Å²) in [5.74, 6) is -1.47. The van der Waals surface area contributed by atoms with Crippen LogP contribution in [0.15, 0.2) is 91.0 Å². The van der Waals surface area contributed by atoms with Gasteiger partial charge in [-0.1, -0.05) is 65.7 Å². The SMILES string of the molecule is CN(C)C1CCCN(C(=O)c2ccc(NC(=O)c3ccccc3Cl)c(OC(=O)c3ccccc3Cl)c2)c2ccccc21. The third-order valence-corrected chi connectivity index (χ3v) is 7.87. The average molecular weight is 603 g/mol. The molecule has 5 rings (SSSR count). The highest BCUT2D eigenvalue weighted by atomic mass is 35.5. The van der Waals surface area contributed by atoms with Gasteiger partial charge in [-0.2, -0.15) is 0 Å². The second kappa shape index (κ2) is 12.8. The number of nitrogens with one attached hydrogen (secondary N) is 1. The number of halogens is 2. The highest BCUT2D eigenvalue weighted by Gasteiger charge is 2.29. The van der Waals surface area contributed by atoms with E-state index < -0.39 is 11.9 Å². The number of amides is 2. The van der Waals surface area contributed by atoms with E-state index in [0.717, 1.165) is 24.1 Å². The number of para-hydroxylation sites is 1. The lowest BCUT2D eigenvalue weighted by atomic mass is 10.0. The third-order valence-electron chi connectivity index (χ3n) is 7.21. The molecule has 0 saturated heterocycles. The molecule has 0 fully saturated rings. The van der Waals surface area contributed by atoms with Crippen molar-refractivity contribution in [3.8, 4) is 5.75 Å². The number of carbonyl (C=O) groups is 3. The van der Waals surface area contributed by atoms with Gasteiger partial charge >= 0.3 is 5.97 Å². The highest BCUT2D eigenvalue weighted by molar-refractivity contribution is 6.34. The number of ether oxygens (including phenoxy) is 1. The summed E-state index contributed by atoms with van der Waals surface area (Å²) in [4.78, 5) is 44.2. The maximum Gasteiger partial charge on any atom is 0.345 e. The van der Waals surface area contributed by atoms with Gasteiger partial charge in [-0.25, -0.2) is 4.79 Å². The van der Waals surface area contributed by atoms with Crippen LogP contribution in [0, 0.1) is 0 Å². The fraction of sp³-hybridized carbons (Fsp3) is 0.182. The summed E-state index contributed by atoms with van der Waals surface area (Å²) >= 11 is 12.5. The van der Waals surface area contributed by atoms with E-state index in [1.165, 1.54) is 12.1 Å². The summed E-state index contributed by atoms with van der Waals surface area (Å²) in [6, 6.07) is 25.8. The second-order valence-corrected chi connectivity index (χ2v) is 11.0. The molecular formula is C33H29Cl2N3O4. The first kappa shape index (κ1) is 29.3. The lowest BCUT2D eigenvalue weighted by Crippen LogP contribution is -2.32. The van der Waals surface area contributed by atoms with Crippen molar-refractivity contribution in [1.29, 1.82) is 0 Å². The van der Waals surface area contributed by atoms with Crippen molar-refractivity contribution >= 4 is 52.4 Å². The molecule has 1 unspecified atom stereocenters. The molecule has 1 aliphatic heterocycles. The molecule has 0 radical (unpaired) electrons. The van der Waals surface area contributed by atoms with Crippen LogP contribution >= 0.6 is 23.2 Å². The Morgan fingerprint density at radius 1 is 0.857 bits per heavy atom. The maximum atomic E-state index is 14.0. The van der Waals surface area contributed by atoms with E-state index in [2.05, 4.69) is 16.3 Å². The minimum Gasteiger partial charge on any atom is -0.421 e. The van der Waals surface area contributed by atoms with Crippen molar-refractivity contribution in [2.45, 2.75) is 18.9 Å². The fourth-order valence-electron chi connectivity index (χ4n) is 5.10. The Morgan fingerprint density at radius 3 is 2.19 bits per heavy atom. The summed E-state index contributed by atoms with van der Waals surface area (Å²) in [5, 5.41) is 3.25. The van der Waals surface area contributed by atoms with Crippen molar-refractivity contribution in [3.63, 3.8) is 0 Å². The van der Waals surface area contributed by atoms with Gasteiger partial charge in [0.15, 0.2) is 5.75 Å². The molecule has 0 spiro atoms. The molecule has 1 heterocycles. The van der Waals surface area contributed by atoms with Gasteiger partial charge in [0.2, 0.25) is 0 Å². The monoisotopic (exact) mass is 601 g/mol. The van der Waals surface area contributed by atoms with Crippen LogP contribution in [-0.2, 0) is 0 Å². The largest absolute Gasteiger partial charge is 0.421 e. The molecule has 2 amide bonds. The molecule has 4 aromatic rings. The van der Waals surface area contributed by atoms with Crippen LogP contribution in [0.25, 0.3) is 0 Å². The maximum absolute atomic E-state index is 14.0. The number of esters is 1. The zero-order valence-electron chi connectivity index (χ0n) is 23.1. The smallest absolute Gasteiger partial charge is 0.345 e. The molecule has 42 heavy (non-hydrogen) atoms. The Balaban J connectivity index is 1.52. The Kier molecular flexibility index (Phi) is 8.92. The quantitative estimate of drug-likeness (QED) is 0.183. The summed E-state index contributed by atoms with van der Waals surface area (Å²) in [6.07, 6.45) is 1.71. The Hall–Kier alpha value is -4.17. The third kappa shape index (κ3) is 6.19. The zero-order chi connectivity index (χ0) is 29.8. The number of hydrogen-bond donors (Lipinski definition) is 1. The summed E-state index contributed by atoms with van der Waals surface area (Å²) in [7, 11) is 4.07. The summed E-state index contributed by atoms with van der Waals surface area (Å²) < 4.78 is 5.75. The molecule has 7 nitrogen and oxygen atoms in total. The number of hydrogen-bond acceptors (Lipinski definition) is 5. The number of benzene rings is 4. The van der Waals surface area contributed by atoms with Crippen LogP contribution in [0.3, 0.4) is 0 Å². The standard InChI is InChI=1S/C33H29Cl2N3O4/c1-37(2)28-16-9-19-38(29-15-8-5-12-24(28)29)32(40)21-17-18-27(36-31(39)22-10-3-6-13-25(22)34)30(20-21)42-33(41)23-11-4-7-14-26(23)35/h3-8,10-15,17-18,20,28H,9,16,19H2,1-2H3,(H,36,39). The Labute approximate surface area is 254 Å². The van der Waals surface area contributed by atoms with Gasteiger partial charge in [0, 0.05) is 23.8 Å². The molecule has 0 aliphatic carbocycles. The van der Waals surface area contributed by atoms with Crippen molar-refractivity contribution in [2.75, 3.05) is 30.9 Å². The molecule has 1 N–H and O–H groups in total. The Bertz CT molecular complexity index is 1660. The molecule has 0 aromatic heterocycles. The van der Waals surface area contributed by atoms with Crippen LogP contribution in [-0.4, -0.2) is 43.3 Å². The number of nitrogens with zero attached hydrogens (tertiary/aromatic N) is 2. The average Bonchev–Trinajstić information content (AvgIpc) is 3.18. The second-order valence-electron chi connectivity index (χ2n) is 10.2. The topological polar surface area (TPSA) is 78.9 Å². The lowest BCUT2D eigenvalue weighted by molar-refractivity contribution is 0.0733. The number of fused-ring (bicyclic) bond motifs is 1. The minimum atomic E-state index is -0.729. The lowest BCUT2D eigenvalue weighted by Gasteiger charge is -2.27. The van der Waals surface area contributed by atoms with Gasteiger partial charge in [0.05, 0.1) is 26.9 Å². The van der Waals surface area contributed by atoms with Gasteiger partial charge in [-0.15, -0.1) is 0 Å². The first-order valence-electron chi connectivity index (χ1n) is 13.5. The van der Waals surface area contributed by atoms with E-state index >= 15 is 0 Å². The predicted molar refractivity (Wildman–Crippen MR) is 166 cm³/mol. The molecule has 0 bridgehead atoms. The van der Waals surface area contributed by atoms with E-state index in [1.807, 2.05) is 32.3 Å². The minimum absolute atomic E-state index is 0.000415. The van der Waals surface area contributed by atoms with E-state index in [9.17, 15) is 14.4 Å². The van der Waals surface area contributed by atoms with E-state index in [4.69, 9.17) is 27.9 Å². The van der Waals surface area contributed by atoms with Gasteiger partial charge < -0.3 is 19.9 Å². The van der Waals surface area contributed by atoms with Crippen molar-refractivity contribution in [2.24, 2.45) is 0 Å². The highest BCUT2D eigenvalue weighted by Crippen LogP contribution is 2.37. The first-order chi connectivity index (χ1) is 20.2. The molecular weight excluding hydrogens is 573 g/mol. The summed E-state index contributed by atoms with van der Waals surface area (Å²) in [6.45, 7) is 0.528. The predicted octanol–water partition coefficient (Wildman–Crippen LogP) is 7.51. The zero-order valence-corrected chi connectivity index (χ0v) is 24.7. The van der Waals surface area contributed by atoms with Crippen LogP contribution < -0.4 is 15.0 Å². The van der Waals surface area contributed by atoms with Crippen molar-refractivity contribution in [3.05, 3.63) is 123 Å². The Morgan fingerprint density at radius 2 is 1.50 bits per heavy atom. The van der Waals surface area contributed by atoms with E-state index in [1.54, 1.807) is 59.5 Å². The normalized spacial score (nSPS) is 14.6. The molecule has 9 heteroatoms. The van der Waals surface area contributed by atoms with Crippen molar-refractivity contribution in [1.82, 2.24) is 4.90 Å². The number of anilines is 2. The summed E-state index contributed by atoms with van der Waals surface area (Å²) in [5.41, 5.74) is 2.80. The van der Waals surface area contributed by atoms with Gasteiger partial charge in [-0.3, -0.25) is 9.59 Å². The van der Waals surface area contributed by atoms with Gasteiger partial charge in [0.25, 0.3) is 11.8 Å². The number of rotatable bonds is 6. The van der Waals surface area contributed by atoms with Crippen LogP contribution in [0.5, 0.6) is 5.75 Å². The molecule has 214 valence electrons. The van der Waals surface area contributed by atoms with E-state index in [0.29, 0.717) is 12.1 Å². The van der Waals surface area contributed by atoms with Crippen molar-refractivity contribution < 1.29 is 19.1 Å². The van der Waals surface area contributed by atoms with Gasteiger partial charge in [0.1, 0.15) is 0 Å².